The Balaban J connectivity index is 1.29. The Morgan fingerprint density at radius 2 is 1.92 bits per heavy atom. The maximum absolute atomic E-state index is 12.5. The first kappa shape index (κ1) is 26.7. The number of anilines is 2. The Hall–Kier alpha value is -5.39. The van der Waals surface area contributed by atoms with Crippen molar-refractivity contribution in [2.45, 2.75) is 13.2 Å². The summed E-state index contributed by atoms with van der Waals surface area (Å²) in [5.41, 5.74) is 10.0. The SMILES string of the molecule is CN(CCO)c1ccc(C#C/C=C(\C#N)C(=O)NCc2ccc(COc3nc(N)nc4nc[nH]c34)cc2)cc1. The van der Waals surface area contributed by atoms with Crippen molar-refractivity contribution in [3.05, 3.63) is 83.2 Å². The van der Waals surface area contributed by atoms with E-state index in [0.717, 1.165) is 22.4 Å². The lowest BCUT2D eigenvalue weighted by Crippen LogP contribution is -2.24. The number of nitrogens with zero attached hydrogens (tertiary/aromatic N) is 5. The van der Waals surface area contributed by atoms with E-state index < -0.39 is 5.91 Å². The molecular formula is C28H26N8O3. The molecule has 0 aliphatic heterocycles. The number of nitriles is 1. The highest BCUT2D eigenvalue weighted by Gasteiger charge is 2.11. The van der Waals surface area contributed by atoms with Gasteiger partial charge >= 0.3 is 0 Å². The lowest BCUT2D eigenvalue weighted by atomic mass is 10.1. The van der Waals surface area contributed by atoms with Crippen LogP contribution in [-0.2, 0) is 17.9 Å². The van der Waals surface area contributed by atoms with Crippen molar-refractivity contribution < 1.29 is 14.6 Å². The predicted molar refractivity (Wildman–Crippen MR) is 146 cm³/mol. The van der Waals surface area contributed by atoms with Gasteiger partial charge in [-0.2, -0.15) is 15.2 Å². The Kier molecular flexibility index (Phi) is 8.70. The third-order valence-electron chi connectivity index (χ3n) is 5.66. The molecule has 0 fully saturated rings. The van der Waals surface area contributed by atoms with Gasteiger partial charge in [-0.3, -0.25) is 4.79 Å². The summed E-state index contributed by atoms with van der Waals surface area (Å²) in [5, 5.41) is 21.2. The number of likely N-dealkylation sites (N-methyl/N-ethyl adjacent to an activating group) is 1. The van der Waals surface area contributed by atoms with Crippen LogP contribution in [0.3, 0.4) is 0 Å². The molecule has 2 heterocycles. The van der Waals surface area contributed by atoms with Crippen molar-refractivity contribution in [2.24, 2.45) is 0 Å². The number of imidazole rings is 1. The quantitative estimate of drug-likeness (QED) is 0.146. The zero-order valence-electron chi connectivity index (χ0n) is 21.2. The van der Waals surface area contributed by atoms with Crippen molar-refractivity contribution in [1.29, 1.82) is 5.26 Å². The number of carbonyl (C=O) groups excluding carboxylic acids is 1. The normalized spacial score (nSPS) is 10.8. The van der Waals surface area contributed by atoms with Gasteiger partial charge in [-0.15, -0.1) is 0 Å². The molecule has 39 heavy (non-hydrogen) atoms. The number of nitrogens with two attached hydrogens (primary N) is 1. The van der Waals surface area contributed by atoms with E-state index in [4.69, 9.17) is 15.6 Å². The summed E-state index contributed by atoms with van der Waals surface area (Å²) in [6.45, 7) is 1.09. The van der Waals surface area contributed by atoms with Crippen LogP contribution < -0.4 is 20.7 Å². The summed E-state index contributed by atoms with van der Waals surface area (Å²) in [7, 11) is 1.89. The lowest BCUT2D eigenvalue weighted by Gasteiger charge is -2.17. The predicted octanol–water partition coefficient (Wildman–Crippen LogP) is 2.06. The number of hydrogen-bond donors (Lipinski definition) is 4. The second-order valence-corrected chi connectivity index (χ2v) is 8.41. The molecule has 2 aromatic heterocycles. The summed E-state index contributed by atoms with van der Waals surface area (Å²) in [6, 6.07) is 16.8. The smallest absolute Gasteiger partial charge is 0.262 e. The van der Waals surface area contributed by atoms with Crippen LogP contribution in [0.15, 0.2) is 66.5 Å². The third kappa shape index (κ3) is 7.10. The van der Waals surface area contributed by atoms with Gasteiger partial charge < -0.3 is 30.8 Å². The van der Waals surface area contributed by atoms with Gasteiger partial charge in [0.25, 0.3) is 5.91 Å². The van der Waals surface area contributed by atoms with Crippen LogP contribution in [0.4, 0.5) is 11.6 Å². The number of aliphatic hydroxyl groups is 1. The average Bonchev–Trinajstić information content (AvgIpc) is 3.42. The van der Waals surface area contributed by atoms with Gasteiger partial charge in [-0.1, -0.05) is 36.1 Å². The Labute approximate surface area is 225 Å². The van der Waals surface area contributed by atoms with Crippen LogP contribution in [0.1, 0.15) is 16.7 Å². The molecule has 0 saturated heterocycles. The molecule has 5 N–H and O–H groups in total. The molecule has 1 amide bonds. The van der Waals surface area contributed by atoms with Crippen LogP contribution >= 0.6 is 0 Å². The highest BCUT2D eigenvalue weighted by Crippen LogP contribution is 2.21. The number of ether oxygens (including phenoxy) is 1. The van der Waals surface area contributed by atoms with Crippen molar-refractivity contribution in [2.75, 3.05) is 30.8 Å². The molecule has 11 heteroatoms. The van der Waals surface area contributed by atoms with Crippen LogP contribution in [0.25, 0.3) is 11.2 Å². The molecular weight excluding hydrogens is 496 g/mol. The first-order chi connectivity index (χ1) is 19.0. The number of rotatable bonds is 9. The second kappa shape index (κ2) is 12.7. The molecule has 0 saturated carbocycles. The molecule has 0 unspecified atom stereocenters. The zero-order chi connectivity index (χ0) is 27.6. The van der Waals surface area contributed by atoms with Crippen LogP contribution in [0.2, 0.25) is 0 Å². The number of nitrogens with one attached hydrogen (secondary N) is 2. The van der Waals surface area contributed by atoms with Crippen molar-refractivity contribution >= 4 is 28.7 Å². The fourth-order valence-corrected chi connectivity index (χ4v) is 3.53. The number of aromatic nitrogens is 4. The number of H-pyrrole nitrogens is 1. The number of nitrogen functional groups attached to an aromatic ring is 1. The van der Waals surface area contributed by atoms with E-state index in [1.807, 2.05) is 66.5 Å². The largest absolute Gasteiger partial charge is 0.471 e. The minimum atomic E-state index is -0.509. The number of amides is 1. The Morgan fingerprint density at radius 1 is 1.18 bits per heavy atom. The van der Waals surface area contributed by atoms with Gasteiger partial charge in [-0.25, -0.2) is 4.98 Å². The Morgan fingerprint density at radius 3 is 2.64 bits per heavy atom. The molecule has 4 aromatic rings. The number of hydrogen-bond acceptors (Lipinski definition) is 9. The fraction of sp³-hybridized carbons (Fsp3) is 0.179. The molecule has 0 aliphatic carbocycles. The van der Waals surface area contributed by atoms with Gasteiger partial charge in [0.15, 0.2) is 5.65 Å². The number of aliphatic hydroxyl groups excluding tert-OH is 1. The minimum absolute atomic E-state index is 0.0687. The molecule has 11 nitrogen and oxygen atoms in total. The molecule has 4 rings (SSSR count). The van der Waals surface area contributed by atoms with Crippen LogP contribution in [0.5, 0.6) is 5.88 Å². The molecule has 0 bridgehead atoms. The van der Waals surface area contributed by atoms with Crippen LogP contribution in [-0.4, -0.2) is 51.1 Å². The van der Waals surface area contributed by atoms with Gasteiger partial charge in [-0.05, 0) is 35.4 Å². The van der Waals surface area contributed by atoms with E-state index >= 15 is 0 Å². The standard InChI is InChI=1S/C28H26N8O3/c1-36(13-14-37)23-11-9-19(10-12-23)3-2-4-22(15-29)26(38)31-16-20-5-7-21(8-6-20)17-39-27-24-25(33-18-32-24)34-28(30)35-27/h4-12,18,37H,13-14,16-17H2,1H3,(H,31,38)(H3,30,32,33,34,35)/b22-4+. The van der Waals surface area contributed by atoms with E-state index in [1.165, 1.54) is 12.4 Å². The van der Waals surface area contributed by atoms with Crippen LogP contribution in [0, 0.1) is 23.2 Å². The second-order valence-electron chi connectivity index (χ2n) is 8.41. The van der Waals surface area contributed by atoms with Crippen molar-refractivity contribution in [1.82, 2.24) is 25.3 Å². The zero-order valence-corrected chi connectivity index (χ0v) is 21.2. The van der Waals surface area contributed by atoms with E-state index in [2.05, 4.69) is 37.1 Å². The van der Waals surface area contributed by atoms with Gasteiger partial charge in [0.2, 0.25) is 11.8 Å². The fourth-order valence-electron chi connectivity index (χ4n) is 3.53. The molecule has 2 aromatic carbocycles. The molecule has 0 atom stereocenters. The first-order valence-electron chi connectivity index (χ1n) is 12.0. The van der Waals surface area contributed by atoms with Crippen molar-refractivity contribution in [3.63, 3.8) is 0 Å². The summed E-state index contributed by atoms with van der Waals surface area (Å²) in [4.78, 5) is 29.5. The summed E-state index contributed by atoms with van der Waals surface area (Å²) >= 11 is 0. The van der Waals surface area contributed by atoms with E-state index in [9.17, 15) is 10.1 Å². The third-order valence-corrected chi connectivity index (χ3v) is 5.66. The number of fused-ring (bicyclic) bond motifs is 1. The van der Waals surface area contributed by atoms with Gasteiger partial charge in [0.05, 0.1) is 12.9 Å². The highest BCUT2D eigenvalue weighted by molar-refractivity contribution is 5.97. The summed E-state index contributed by atoms with van der Waals surface area (Å²) in [6.07, 6.45) is 2.80. The molecule has 0 radical (unpaired) electrons. The summed E-state index contributed by atoms with van der Waals surface area (Å²) < 4.78 is 5.78. The minimum Gasteiger partial charge on any atom is -0.471 e. The number of carbonyl (C=O) groups is 1. The van der Waals surface area contributed by atoms with Crippen molar-refractivity contribution in [3.8, 4) is 23.8 Å². The maximum atomic E-state index is 12.5. The maximum Gasteiger partial charge on any atom is 0.262 e. The number of benzene rings is 2. The van der Waals surface area contributed by atoms with E-state index in [1.54, 1.807) is 0 Å². The average molecular weight is 523 g/mol. The summed E-state index contributed by atoms with van der Waals surface area (Å²) in [5.74, 6) is 5.56. The van der Waals surface area contributed by atoms with Gasteiger partial charge in [0, 0.05) is 37.5 Å². The highest BCUT2D eigenvalue weighted by atomic mass is 16.5. The topological polar surface area (TPSA) is 166 Å². The van der Waals surface area contributed by atoms with Gasteiger partial charge in [0.1, 0.15) is 23.8 Å². The molecule has 196 valence electrons. The van der Waals surface area contributed by atoms with E-state index in [-0.39, 0.29) is 31.3 Å². The Bertz CT molecular complexity index is 1580. The lowest BCUT2D eigenvalue weighted by molar-refractivity contribution is -0.117. The molecule has 0 spiro atoms. The van der Waals surface area contributed by atoms with E-state index in [0.29, 0.717) is 23.6 Å². The first-order valence-corrected chi connectivity index (χ1v) is 12.0. The number of allylic oxidation sites excluding steroid dienone is 1. The molecule has 0 aliphatic rings. The monoisotopic (exact) mass is 522 g/mol. The number of aromatic amines is 1.